The Labute approximate surface area is 36.5 Å². The van der Waals surface area contributed by atoms with Crippen LogP contribution in [0.1, 0.15) is 19.3 Å². The zero-order valence-corrected chi connectivity index (χ0v) is 3.55. The summed E-state index contributed by atoms with van der Waals surface area (Å²) >= 11 is 0. The van der Waals surface area contributed by atoms with Crippen LogP contribution in [0.5, 0.6) is 0 Å². The van der Waals surface area contributed by atoms with E-state index in [1.807, 2.05) is 0 Å². The van der Waals surface area contributed by atoms with Crippen LogP contribution < -0.4 is 0 Å². The normalized spacial score (nSPS) is 22.7. The molecule has 0 aromatic rings. The molecule has 1 rings (SSSR count). The monoisotopic (exact) mass is 85.1 g/mol. The summed E-state index contributed by atoms with van der Waals surface area (Å²) in [6.07, 6.45) is 3.27. The van der Waals surface area contributed by atoms with E-state index >= 15 is 0 Å². The van der Waals surface area contributed by atoms with Crippen molar-refractivity contribution in [2.45, 2.75) is 25.3 Å². The van der Waals surface area contributed by atoms with Gasteiger partial charge in [-0.15, -0.1) is 0 Å². The molecule has 2 nitrogen and oxygen atoms in total. The third kappa shape index (κ3) is 0.421. The van der Waals surface area contributed by atoms with E-state index in [4.69, 9.17) is 0 Å². The van der Waals surface area contributed by atoms with E-state index in [0.29, 0.717) is 0 Å². The minimum atomic E-state index is 0.185. The molecule has 0 aromatic carbocycles. The molecule has 0 N–H and O–H groups in total. The highest BCUT2D eigenvalue weighted by atomic mass is 16.3. The molecule has 6 heavy (non-hydrogen) atoms. The van der Waals surface area contributed by atoms with Crippen molar-refractivity contribution in [3.8, 4) is 0 Å². The van der Waals surface area contributed by atoms with Crippen molar-refractivity contribution >= 4 is 0 Å². The number of nitrogens with zero attached hydrogens (tertiary/aromatic N) is 1. The van der Waals surface area contributed by atoms with Gasteiger partial charge in [0.05, 0.1) is 6.04 Å². The molecule has 34 valence electrons. The van der Waals surface area contributed by atoms with Gasteiger partial charge in [-0.2, -0.15) is 4.91 Å². The molecule has 1 aliphatic rings. The topological polar surface area (TPSA) is 29.4 Å². The smallest absolute Gasteiger partial charge is 0.0919 e. The van der Waals surface area contributed by atoms with E-state index in [-0.39, 0.29) is 6.04 Å². The van der Waals surface area contributed by atoms with Crippen LogP contribution in [0.25, 0.3) is 0 Å². The first-order valence-corrected chi connectivity index (χ1v) is 2.26. The Morgan fingerprint density at radius 3 is 2.17 bits per heavy atom. The Bertz CT molecular complexity index is 58.6. The largest absolute Gasteiger partial charge is 0.151 e. The summed E-state index contributed by atoms with van der Waals surface area (Å²) in [5, 5.41) is 2.84. The van der Waals surface area contributed by atoms with Crippen molar-refractivity contribution in [1.29, 1.82) is 0 Å². The van der Waals surface area contributed by atoms with Crippen LogP contribution in [0.2, 0.25) is 0 Å². The predicted molar refractivity (Wildman–Crippen MR) is 23.4 cm³/mol. The Kier molecular flexibility index (Phi) is 0.862. The molecule has 1 saturated carbocycles. The second-order valence-electron chi connectivity index (χ2n) is 1.69. The van der Waals surface area contributed by atoms with Crippen LogP contribution in [0.4, 0.5) is 0 Å². The fourth-order valence-corrected chi connectivity index (χ4v) is 0.492. The average molecular weight is 85.1 g/mol. The summed E-state index contributed by atoms with van der Waals surface area (Å²) in [6, 6.07) is 0.185. The predicted octanol–water partition coefficient (Wildman–Crippen LogP) is 1.31. The first kappa shape index (κ1) is 3.78. The number of hydrogen-bond acceptors (Lipinski definition) is 2. The van der Waals surface area contributed by atoms with E-state index < -0.39 is 0 Å². The summed E-state index contributed by atoms with van der Waals surface area (Å²) in [7, 11) is 0. The van der Waals surface area contributed by atoms with E-state index in [2.05, 4.69) is 5.18 Å². The molecule has 0 unspecified atom stereocenters. The molecule has 0 atom stereocenters. The highest BCUT2D eigenvalue weighted by molar-refractivity contribution is 4.74. The number of hydrogen-bond donors (Lipinski definition) is 0. The molecule has 0 radical (unpaired) electrons. The first-order chi connectivity index (χ1) is 2.93. The summed E-state index contributed by atoms with van der Waals surface area (Å²) in [5.41, 5.74) is 0. The van der Waals surface area contributed by atoms with Crippen molar-refractivity contribution < 1.29 is 0 Å². The maximum atomic E-state index is 9.54. The Morgan fingerprint density at radius 2 is 2.17 bits per heavy atom. The van der Waals surface area contributed by atoms with Crippen LogP contribution in [0.15, 0.2) is 5.18 Å². The minimum Gasteiger partial charge on any atom is -0.151 e. The van der Waals surface area contributed by atoms with E-state index in [0.717, 1.165) is 12.8 Å². The van der Waals surface area contributed by atoms with Gasteiger partial charge in [0.1, 0.15) is 0 Å². The van der Waals surface area contributed by atoms with Crippen molar-refractivity contribution in [3.05, 3.63) is 4.91 Å². The van der Waals surface area contributed by atoms with Gasteiger partial charge < -0.3 is 0 Å². The van der Waals surface area contributed by atoms with Crippen molar-refractivity contribution in [2.24, 2.45) is 5.18 Å². The maximum absolute atomic E-state index is 9.54. The fourth-order valence-electron chi connectivity index (χ4n) is 0.492. The molecule has 1 aliphatic carbocycles. The van der Waals surface area contributed by atoms with Crippen molar-refractivity contribution in [1.82, 2.24) is 0 Å². The number of nitroso groups, excluding NO2 is 1. The van der Waals surface area contributed by atoms with Crippen molar-refractivity contribution in [3.63, 3.8) is 0 Å². The third-order valence-electron chi connectivity index (χ3n) is 1.22. The van der Waals surface area contributed by atoms with E-state index in [1.165, 1.54) is 6.42 Å². The maximum Gasteiger partial charge on any atom is 0.0919 e. The number of rotatable bonds is 1. The van der Waals surface area contributed by atoms with E-state index in [1.54, 1.807) is 0 Å². The Morgan fingerprint density at radius 1 is 1.50 bits per heavy atom. The lowest BCUT2D eigenvalue weighted by atomic mass is 9.94. The van der Waals surface area contributed by atoms with E-state index in [9.17, 15) is 4.91 Å². The van der Waals surface area contributed by atoms with Gasteiger partial charge in [-0.3, -0.25) is 0 Å². The highest BCUT2D eigenvalue weighted by Crippen LogP contribution is 2.20. The second-order valence-corrected chi connectivity index (χ2v) is 1.69. The van der Waals surface area contributed by atoms with Crippen LogP contribution in [0.3, 0.4) is 0 Å². The third-order valence-corrected chi connectivity index (χ3v) is 1.22. The Hall–Kier alpha value is -0.400. The molecule has 0 heterocycles. The van der Waals surface area contributed by atoms with Crippen LogP contribution in [-0.2, 0) is 0 Å². The Balaban J connectivity index is 2.16. The van der Waals surface area contributed by atoms with Crippen LogP contribution in [-0.4, -0.2) is 6.04 Å². The lowest BCUT2D eigenvalue weighted by Crippen LogP contribution is -2.12. The molecule has 1 fully saturated rings. The highest BCUT2D eigenvalue weighted by Gasteiger charge is 2.16. The standard InChI is InChI=1S/C4H7NO/c6-5-4-2-1-3-4/h4H,1-3H2. The van der Waals surface area contributed by atoms with Gasteiger partial charge in [0.25, 0.3) is 0 Å². The summed E-state index contributed by atoms with van der Waals surface area (Å²) < 4.78 is 0. The average Bonchev–Trinajstić information content (AvgIpc) is 1.31. The van der Waals surface area contributed by atoms with Gasteiger partial charge in [-0.1, -0.05) is 5.18 Å². The van der Waals surface area contributed by atoms with Gasteiger partial charge in [0.15, 0.2) is 0 Å². The van der Waals surface area contributed by atoms with Gasteiger partial charge in [0.2, 0.25) is 0 Å². The lowest BCUT2D eigenvalue weighted by Gasteiger charge is -2.15. The molecule has 0 bridgehead atoms. The molecular formula is C4H7NO. The second kappa shape index (κ2) is 1.37. The summed E-state index contributed by atoms with van der Waals surface area (Å²) in [5.74, 6) is 0. The quantitative estimate of drug-likeness (QED) is 0.441. The molecule has 0 aliphatic heterocycles. The van der Waals surface area contributed by atoms with Gasteiger partial charge >= 0.3 is 0 Å². The zero-order chi connectivity index (χ0) is 4.41. The summed E-state index contributed by atoms with van der Waals surface area (Å²) in [6.45, 7) is 0. The van der Waals surface area contributed by atoms with Crippen molar-refractivity contribution in [2.75, 3.05) is 0 Å². The van der Waals surface area contributed by atoms with Gasteiger partial charge in [-0.25, -0.2) is 0 Å². The molecular weight excluding hydrogens is 78.0 g/mol. The molecule has 0 amide bonds. The lowest BCUT2D eigenvalue weighted by molar-refractivity contribution is 0.417. The fraction of sp³-hybridized carbons (Fsp3) is 1.00. The molecule has 0 saturated heterocycles. The van der Waals surface area contributed by atoms with Gasteiger partial charge in [0, 0.05) is 0 Å². The molecule has 2 heteroatoms. The minimum absolute atomic E-state index is 0.185. The molecule has 0 aromatic heterocycles. The first-order valence-electron chi connectivity index (χ1n) is 2.26. The summed E-state index contributed by atoms with van der Waals surface area (Å²) in [4.78, 5) is 9.54. The van der Waals surface area contributed by atoms with Crippen LogP contribution >= 0.6 is 0 Å². The molecule has 0 spiro atoms. The zero-order valence-electron chi connectivity index (χ0n) is 3.55. The van der Waals surface area contributed by atoms with Crippen LogP contribution in [0, 0.1) is 4.91 Å². The van der Waals surface area contributed by atoms with Gasteiger partial charge in [-0.05, 0) is 19.3 Å². The SMILES string of the molecule is O=NC1CCC1.